The fourth-order valence-corrected chi connectivity index (χ4v) is 2.46. The lowest BCUT2D eigenvalue weighted by Gasteiger charge is -2.29. The van der Waals surface area contributed by atoms with E-state index in [1.54, 1.807) is 4.90 Å². The number of nitro benzene ring substituents is 2. The van der Waals surface area contributed by atoms with Gasteiger partial charge < -0.3 is 10.0 Å². The van der Waals surface area contributed by atoms with Crippen molar-refractivity contribution in [2.45, 2.75) is 19.3 Å². The first-order chi connectivity index (χ1) is 9.91. The monoisotopic (exact) mass is 295 g/mol. The van der Waals surface area contributed by atoms with Crippen molar-refractivity contribution >= 4 is 23.0 Å². The first-order valence-corrected chi connectivity index (χ1v) is 6.37. The third-order valence-electron chi connectivity index (χ3n) is 3.38. The Hall–Kier alpha value is -2.71. The van der Waals surface area contributed by atoms with Crippen LogP contribution >= 0.6 is 0 Å². The maximum atomic E-state index is 11.3. The average Bonchev–Trinajstić information content (AvgIpc) is 2.46. The standard InChI is InChI=1S/C12H13N3O6/c16-12(17)9-6-8(14(18)19)7-10(15(20)21)11(9)13-4-2-1-3-5-13/h6-7H,1-5H2,(H,16,17). The summed E-state index contributed by atoms with van der Waals surface area (Å²) in [5.41, 5.74) is -1.58. The number of nitrogens with zero attached hydrogens (tertiary/aromatic N) is 3. The number of benzene rings is 1. The lowest BCUT2D eigenvalue weighted by molar-refractivity contribution is -0.393. The summed E-state index contributed by atoms with van der Waals surface area (Å²) in [5.74, 6) is -1.41. The molecule has 21 heavy (non-hydrogen) atoms. The number of carbonyl (C=O) groups is 1. The van der Waals surface area contributed by atoms with E-state index in [0.29, 0.717) is 13.1 Å². The molecule has 0 radical (unpaired) electrons. The zero-order valence-electron chi connectivity index (χ0n) is 11.0. The van der Waals surface area contributed by atoms with E-state index in [9.17, 15) is 30.1 Å². The maximum Gasteiger partial charge on any atom is 0.338 e. The molecule has 0 bridgehead atoms. The second kappa shape index (κ2) is 5.73. The van der Waals surface area contributed by atoms with Crippen LogP contribution in [0.1, 0.15) is 29.6 Å². The number of anilines is 1. The van der Waals surface area contributed by atoms with Crippen LogP contribution in [0.2, 0.25) is 0 Å². The molecule has 1 aromatic carbocycles. The summed E-state index contributed by atoms with van der Waals surface area (Å²) in [7, 11) is 0. The van der Waals surface area contributed by atoms with E-state index in [0.717, 1.165) is 31.4 Å². The Kier molecular flexibility index (Phi) is 4.01. The Bertz CT molecular complexity index is 574. The first kappa shape index (κ1) is 14.7. The number of carboxylic acid groups (broad SMARTS) is 1. The van der Waals surface area contributed by atoms with E-state index in [1.165, 1.54) is 0 Å². The van der Waals surface area contributed by atoms with Gasteiger partial charge in [0.05, 0.1) is 21.5 Å². The molecule has 0 aromatic heterocycles. The van der Waals surface area contributed by atoms with Crippen molar-refractivity contribution < 1.29 is 19.7 Å². The Morgan fingerprint density at radius 1 is 1.10 bits per heavy atom. The van der Waals surface area contributed by atoms with Crippen molar-refractivity contribution in [3.63, 3.8) is 0 Å². The van der Waals surface area contributed by atoms with Gasteiger partial charge in [-0.05, 0) is 19.3 Å². The Labute approximate surface area is 119 Å². The highest BCUT2D eigenvalue weighted by molar-refractivity contribution is 5.98. The van der Waals surface area contributed by atoms with E-state index in [-0.39, 0.29) is 5.69 Å². The number of hydrogen-bond acceptors (Lipinski definition) is 6. The average molecular weight is 295 g/mol. The van der Waals surface area contributed by atoms with Crippen LogP contribution in [-0.2, 0) is 0 Å². The second-order valence-corrected chi connectivity index (χ2v) is 4.73. The number of hydrogen-bond donors (Lipinski definition) is 1. The fraction of sp³-hybridized carbons (Fsp3) is 0.417. The summed E-state index contributed by atoms with van der Waals surface area (Å²) in [6.45, 7) is 0.998. The third-order valence-corrected chi connectivity index (χ3v) is 3.38. The molecule has 1 saturated heterocycles. The molecule has 1 N–H and O–H groups in total. The Morgan fingerprint density at radius 2 is 1.71 bits per heavy atom. The van der Waals surface area contributed by atoms with E-state index < -0.39 is 32.8 Å². The highest BCUT2D eigenvalue weighted by Crippen LogP contribution is 2.37. The number of non-ortho nitro benzene ring substituents is 1. The van der Waals surface area contributed by atoms with E-state index in [4.69, 9.17) is 0 Å². The van der Waals surface area contributed by atoms with Crippen LogP contribution in [0.25, 0.3) is 0 Å². The summed E-state index contributed by atoms with van der Waals surface area (Å²) < 4.78 is 0. The minimum Gasteiger partial charge on any atom is -0.478 e. The Morgan fingerprint density at radius 3 is 2.19 bits per heavy atom. The molecule has 9 heteroatoms. The molecule has 1 aliphatic rings. The summed E-state index contributed by atoms with van der Waals surface area (Å²) in [5, 5.41) is 31.2. The van der Waals surface area contributed by atoms with Crippen LogP contribution in [0, 0.1) is 20.2 Å². The summed E-state index contributed by atoms with van der Waals surface area (Å²) in [6.07, 6.45) is 2.57. The quantitative estimate of drug-likeness (QED) is 0.666. The van der Waals surface area contributed by atoms with Gasteiger partial charge in [0, 0.05) is 19.2 Å². The minimum atomic E-state index is -1.41. The predicted octanol–water partition coefficient (Wildman–Crippen LogP) is 2.19. The van der Waals surface area contributed by atoms with Crippen molar-refractivity contribution in [2.24, 2.45) is 0 Å². The summed E-state index contributed by atoms with van der Waals surface area (Å²) in [6, 6.07) is 1.69. The van der Waals surface area contributed by atoms with Gasteiger partial charge in [-0.2, -0.15) is 0 Å². The molecule has 112 valence electrons. The van der Waals surface area contributed by atoms with Gasteiger partial charge in [0.1, 0.15) is 5.69 Å². The van der Waals surface area contributed by atoms with Crippen LogP contribution in [0.15, 0.2) is 12.1 Å². The topological polar surface area (TPSA) is 127 Å². The molecule has 1 heterocycles. The molecule has 0 amide bonds. The first-order valence-electron chi connectivity index (χ1n) is 6.37. The second-order valence-electron chi connectivity index (χ2n) is 4.73. The van der Waals surface area contributed by atoms with Gasteiger partial charge in [-0.1, -0.05) is 0 Å². The van der Waals surface area contributed by atoms with Gasteiger partial charge in [0.25, 0.3) is 11.4 Å². The van der Waals surface area contributed by atoms with Crippen LogP contribution in [0.5, 0.6) is 0 Å². The molecule has 2 rings (SSSR count). The molecular weight excluding hydrogens is 282 g/mol. The SMILES string of the molecule is O=C(O)c1cc([N+](=O)[O-])cc([N+](=O)[O-])c1N1CCCCC1. The fourth-order valence-electron chi connectivity index (χ4n) is 2.46. The molecule has 0 saturated carbocycles. The van der Waals surface area contributed by atoms with Gasteiger partial charge >= 0.3 is 5.97 Å². The highest BCUT2D eigenvalue weighted by Gasteiger charge is 2.31. The van der Waals surface area contributed by atoms with Gasteiger partial charge in [-0.15, -0.1) is 0 Å². The maximum absolute atomic E-state index is 11.3. The van der Waals surface area contributed by atoms with Gasteiger partial charge in [-0.3, -0.25) is 20.2 Å². The van der Waals surface area contributed by atoms with E-state index in [1.807, 2.05) is 0 Å². The molecule has 0 aliphatic carbocycles. The predicted molar refractivity (Wildman–Crippen MR) is 72.8 cm³/mol. The normalized spacial score (nSPS) is 14.8. The largest absolute Gasteiger partial charge is 0.478 e. The lowest BCUT2D eigenvalue weighted by Crippen LogP contribution is -2.31. The summed E-state index contributed by atoms with van der Waals surface area (Å²) in [4.78, 5) is 33.3. The van der Waals surface area contributed by atoms with Crippen LogP contribution in [0.3, 0.4) is 0 Å². The summed E-state index contributed by atoms with van der Waals surface area (Å²) >= 11 is 0. The van der Waals surface area contributed by atoms with Crippen molar-refractivity contribution in [1.82, 2.24) is 0 Å². The van der Waals surface area contributed by atoms with E-state index in [2.05, 4.69) is 0 Å². The number of piperidine rings is 1. The van der Waals surface area contributed by atoms with Crippen LogP contribution in [-0.4, -0.2) is 34.0 Å². The van der Waals surface area contributed by atoms with Crippen LogP contribution < -0.4 is 4.90 Å². The molecule has 0 unspecified atom stereocenters. The number of nitro groups is 2. The number of rotatable bonds is 4. The van der Waals surface area contributed by atoms with Gasteiger partial charge in [0.2, 0.25) is 0 Å². The lowest BCUT2D eigenvalue weighted by atomic mass is 10.0. The van der Waals surface area contributed by atoms with Gasteiger partial charge in [-0.25, -0.2) is 4.79 Å². The zero-order valence-corrected chi connectivity index (χ0v) is 11.0. The molecule has 1 aliphatic heterocycles. The third kappa shape index (κ3) is 2.91. The molecule has 0 spiro atoms. The number of aromatic carboxylic acids is 1. The van der Waals surface area contributed by atoms with Crippen molar-refractivity contribution in [3.8, 4) is 0 Å². The smallest absolute Gasteiger partial charge is 0.338 e. The molecule has 1 aromatic rings. The molecule has 9 nitrogen and oxygen atoms in total. The van der Waals surface area contributed by atoms with Crippen LogP contribution in [0.4, 0.5) is 17.1 Å². The van der Waals surface area contributed by atoms with Gasteiger partial charge in [0.15, 0.2) is 0 Å². The number of carboxylic acids is 1. The van der Waals surface area contributed by atoms with Crippen molar-refractivity contribution in [3.05, 3.63) is 37.9 Å². The van der Waals surface area contributed by atoms with Crippen molar-refractivity contribution in [1.29, 1.82) is 0 Å². The highest BCUT2D eigenvalue weighted by atomic mass is 16.6. The zero-order chi connectivity index (χ0) is 15.6. The van der Waals surface area contributed by atoms with Crippen molar-refractivity contribution in [2.75, 3.05) is 18.0 Å². The van der Waals surface area contributed by atoms with E-state index >= 15 is 0 Å². The molecular formula is C12H13N3O6. The minimum absolute atomic E-state index is 0.0437. The molecule has 1 fully saturated rings. The molecule has 0 atom stereocenters. The Balaban J connectivity index is 2.66.